The Morgan fingerprint density at radius 1 is 1.46 bits per heavy atom. The van der Waals surface area contributed by atoms with Crippen LogP contribution in [0.4, 0.5) is 0 Å². The number of aromatic carboxylic acids is 1. The van der Waals surface area contributed by atoms with E-state index >= 15 is 0 Å². The number of carboxylic acid groups (broad SMARTS) is 1. The smallest absolute Gasteiger partial charge is 0.345 e. The van der Waals surface area contributed by atoms with Crippen molar-refractivity contribution < 1.29 is 9.90 Å². The second-order valence-electron chi connectivity index (χ2n) is 2.49. The number of thiophene rings is 1. The summed E-state index contributed by atoms with van der Waals surface area (Å²) in [5.41, 5.74) is 0.831. The number of hydrogen-bond donors (Lipinski definition) is 1. The molecule has 0 bridgehead atoms. The Balaban J connectivity index is 2.38. The summed E-state index contributed by atoms with van der Waals surface area (Å²) in [7, 11) is 0. The molecule has 1 aromatic heterocycles. The third-order valence-electron chi connectivity index (χ3n) is 1.62. The largest absolute Gasteiger partial charge is 0.477 e. The van der Waals surface area contributed by atoms with Crippen molar-refractivity contribution in [1.29, 1.82) is 0 Å². The molecule has 0 fully saturated rings. The number of rotatable bonds is 2. The quantitative estimate of drug-likeness (QED) is 0.709. The highest BCUT2D eigenvalue weighted by molar-refractivity contribution is 7.16. The molecule has 1 aromatic rings. The van der Waals surface area contributed by atoms with E-state index in [1.807, 2.05) is 12.2 Å². The fourth-order valence-corrected chi connectivity index (χ4v) is 1.86. The van der Waals surface area contributed by atoms with Gasteiger partial charge in [0.25, 0.3) is 6.21 Å². The van der Waals surface area contributed by atoms with Gasteiger partial charge in [-0.2, -0.15) is 0 Å². The number of hydrogen-bond acceptors (Lipinski definition) is 2. The summed E-state index contributed by atoms with van der Waals surface area (Å²) in [6.45, 7) is 0. The Morgan fingerprint density at radius 3 is 2.85 bits per heavy atom. The predicted octanol–water partition coefficient (Wildman–Crippen LogP) is 0.943. The van der Waals surface area contributed by atoms with Crippen LogP contribution >= 0.6 is 11.3 Å². The van der Waals surface area contributed by atoms with E-state index in [0.717, 1.165) is 10.6 Å². The van der Waals surface area contributed by atoms with Gasteiger partial charge in [-0.15, -0.1) is 11.3 Å². The van der Waals surface area contributed by atoms with Gasteiger partial charge in [0, 0.05) is 12.2 Å². The first-order valence-corrected chi connectivity index (χ1v) is 4.50. The number of carbonyl (C=O) groups is 1. The zero-order chi connectivity index (χ0) is 9.26. The van der Waals surface area contributed by atoms with Crippen molar-refractivity contribution >= 4 is 29.2 Å². The molecule has 2 rings (SSSR count). The van der Waals surface area contributed by atoms with E-state index in [1.165, 1.54) is 11.3 Å². The van der Waals surface area contributed by atoms with Crippen LogP contribution in [-0.4, -0.2) is 23.0 Å². The summed E-state index contributed by atoms with van der Waals surface area (Å²) in [6, 6.07) is 3.37. The van der Waals surface area contributed by atoms with Crippen LogP contribution in [0.3, 0.4) is 0 Å². The monoisotopic (exact) mass is 192 g/mol. The summed E-state index contributed by atoms with van der Waals surface area (Å²) < 4.78 is 4.08. The van der Waals surface area contributed by atoms with Crippen molar-refractivity contribution in [3.05, 3.63) is 34.0 Å². The van der Waals surface area contributed by atoms with Gasteiger partial charge in [0.1, 0.15) is 9.75 Å². The third-order valence-corrected chi connectivity index (χ3v) is 2.72. The van der Waals surface area contributed by atoms with Crippen LogP contribution in [0.5, 0.6) is 0 Å². The predicted molar refractivity (Wildman–Crippen MR) is 52.7 cm³/mol. The lowest BCUT2D eigenvalue weighted by Crippen LogP contribution is -1.93. The van der Waals surface area contributed by atoms with Crippen LogP contribution in [0, 0.1) is 0 Å². The maximum atomic E-state index is 10.6. The van der Waals surface area contributed by atoms with Gasteiger partial charge in [0.2, 0.25) is 0 Å². The minimum absolute atomic E-state index is 0.345. The molecule has 1 aliphatic heterocycles. The first-order chi connectivity index (χ1) is 6.27. The van der Waals surface area contributed by atoms with E-state index < -0.39 is 5.97 Å². The Labute approximate surface area is 78.4 Å². The molecule has 0 saturated carbocycles. The van der Waals surface area contributed by atoms with Crippen molar-refractivity contribution in [3.63, 3.8) is 0 Å². The SMILES string of the molecule is O=C(O)c1ccc(C2=[N+]=CC=C2)s1. The van der Waals surface area contributed by atoms with Crippen molar-refractivity contribution in [1.82, 2.24) is 4.67 Å². The first kappa shape index (κ1) is 7.98. The standard InChI is InChI=1S/C9H5NO2S/c11-9(12)8-4-3-7(13-8)6-2-1-5-10-6/h1-5H/p+1. The van der Waals surface area contributed by atoms with E-state index in [1.54, 1.807) is 18.3 Å². The minimum Gasteiger partial charge on any atom is -0.477 e. The zero-order valence-corrected chi connectivity index (χ0v) is 7.41. The molecule has 0 amide bonds. The minimum atomic E-state index is -0.886. The van der Waals surface area contributed by atoms with Crippen LogP contribution in [0.2, 0.25) is 0 Å². The Morgan fingerprint density at radius 2 is 2.31 bits per heavy atom. The molecular weight excluding hydrogens is 186 g/mol. The summed E-state index contributed by atoms with van der Waals surface area (Å²) in [4.78, 5) is 11.8. The number of allylic oxidation sites excluding steroid dienone is 2. The lowest BCUT2D eigenvalue weighted by molar-refractivity contribution is 0.0702. The number of nitrogens with zero attached hydrogens (tertiary/aromatic N) is 1. The maximum Gasteiger partial charge on any atom is 0.345 e. The van der Waals surface area contributed by atoms with Crippen LogP contribution < -0.4 is 4.67 Å². The molecule has 0 spiro atoms. The lowest BCUT2D eigenvalue weighted by atomic mass is 10.3. The lowest BCUT2D eigenvalue weighted by Gasteiger charge is -1.81. The molecule has 0 saturated heterocycles. The molecule has 13 heavy (non-hydrogen) atoms. The highest BCUT2D eigenvalue weighted by Gasteiger charge is 2.17. The first-order valence-electron chi connectivity index (χ1n) is 3.68. The van der Waals surface area contributed by atoms with E-state index in [-0.39, 0.29) is 0 Å². The Bertz CT molecular complexity index is 450. The second kappa shape index (κ2) is 3.01. The summed E-state index contributed by atoms with van der Waals surface area (Å²) in [6.07, 6.45) is 5.38. The normalized spacial score (nSPS) is 13.4. The maximum absolute atomic E-state index is 10.6. The van der Waals surface area contributed by atoms with Gasteiger partial charge < -0.3 is 5.11 Å². The Hall–Kier alpha value is -1.64. The highest BCUT2D eigenvalue weighted by atomic mass is 32.1. The summed E-state index contributed by atoms with van der Waals surface area (Å²) in [5.74, 6) is -0.886. The number of carboxylic acids is 1. The van der Waals surface area contributed by atoms with Gasteiger partial charge >= 0.3 is 11.7 Å². The molecule has 1 aliphatic rings. The molecular formula is C9H6NO2S+. The van der Waals surface area contributed by atoms with Gasteiger partial charge in [-0.05, 0) is 12.1 Å². The van der Waals surface area contributed by atoms with Crippen LogP contribution in [-0.2, 0) is 0 Å². The van der Waals surface area contributed by atoms with E-state index in [4.69, 9.17) is 5.11 Å². The zero-order valence-electron chi connectivity index (χ0n) is 6.60. The summed E-state index contributed by atoms with van der Waals surface area (Å²) in [5, 5.41) is 8.69. The van der Waals surface area contributed by atoms with Gasteiger partial charge in [-0.1, -0.05) is 4.67 Å². The highest BCUT2D eigenvalue weighted by Crippen LogP contribution is 2.17. The summed E-state index contributed by atoms with van der Waals surface area (Å²) >= 11 is 1.24. The molecule has 64 valence electrons. The third kappa shape index (κ3) is 1.45. The molecule has 0 aliphatic carbocycles. The fraction of sp³-hybridized carbons (Fsp3) is 0. The van der Waals surface area contributed by atoms with Crippen molar-refractivity contribution in [2.75, 3.05) is 0 Å². The van der Waals surface area contributed by atoms with E-state index in [2.05, 4.69) is 4.67 Å². The van der Waals surface area contributed by atoms with Crippen LogP contribution in [0.25, 0.3) is 0 Å². The van der Waals surface area contributed by atoms with Gasteiger partial charge in [-0.3, -0.25) is 0 Å². The molecule has 1 N–H and O–H groups in total. The van der Waals surface area contributed by atoms with Crippen LogP contribution in [0.1, 0.15) is 14.5 Å². The average Bonchev–Trinajstić information content (AvgIpc) is 2.75. The Kier molecular flexibility index (Phi) is 1.85. The van der Waals surface area contributed by atoms with Crippen LogP contribution in [0.15, 0.2) is 24.3 Å². The molecule has 0 radical (unpaired) electrons. The van der Waals surface area contributed by atoms with Gasteiger partial charge in [-0.25, -0.2) is 4.79 Å². The molecule has 0 atom stereocenters. The second-order valence-corrected chi connectivity index (χ2v) is 3.58. The van der Waals surface area contributed by atoms with Crippen molar-refractivity contribution in [2.24, 2.45) is 0 Å². The van der Waals surface area contributed by atoms with E-state index in [9.17, 15) is 4.79 Å². The van der Waals surface area contributed by atoms with Crippen molar-refractivity contribution in [2.45, 2.75) is 0 Å². The molecule has 2 heterocycles. The topological polar surface area (TPSA) is 51.4 Å². The van der Waals surface area contributed by atoms with Gasteiger partial charge in [0.15, 0.2) is 0 Å². The average molecular weight is 192 g/mol. The van der Waals surface area contributed by atoms with E-state index in [0.29, 0.717) is 4.88 Å². The van der Waals surface area contributed by atoms with Crippen molar-refractivity contribution in [3.8, 4) is 0 Å². The van der Waals surface area contributed by atoms with Gasteiger partial charge in [0.05, 0.1) is 0 Å². The molecule has 0 aromatic carbocycles. The fourth-order valence-electron chi connectivity index (χ4n) is 1.04. The molecule has 0 unspecified atom stereocenters. The molecule has 4 heteroatoms. The molecule has 3 nitrogen and oxygen atoms in total.